The van der Waals surface area contributed by atoms with Crippen LogP contribution >= 0.6 is 0 Å². The largest absolute Gasteiger partial charge is 0.436 e. The molecule has 0 aromatic rings. The first-order valence-corrected chi connectivity index (χ1v) is 12.1. The van der Waals surface area contributed by atoms with Crippen molar-refractivity contribution in [3.63, 3.8) is 0 Å². The summed E-state index contributed by atoms with van der Waals surface area (Å²) in [4.78, 5) is 23.8. The molecule has 29 heavy (non-hydrogen) atoms. The summed E-state index contributed by atoms with van der Waals surface area (Å²) < 4.78 is 5.29. The van der Waals surface area contributed by atoms with Gasteiger partial charge in [0.15, 0.2) is 0 Å². The van der Waals surface area contributed by atoms with Gasteiger partial charge in [-0.1, -0.05) is 27.7 Å². The third-order valence-corrected chi connectivity index (χ3v) is 10.2. The van der Waals surface area contributed by atoms with Crippen molar-refractivity contribution < 1.29 is 19.4 Å². The maximum atomic E-state index is 12.1. The first-order valence-electron chi connectivity index (χ1n) is 12.1. The number of hydrogen-bond donors (Lipinski definition) is 1. The number of aliphatic hydroxyl groups excluding tert-OH is 1. The van der Waals surface area contributed by atoms with E-state index in [0.29, 0.717) is 35.4 Å². The fourth-order valence-corrected chi connectivity index (χ4v) is 8.47. The summed E-state index contributed by atoms with van der Waals surface area (Å²) in [7, 11) is 0. The SMILES string of the molecule is CCC(=O)OC(O)C(C)C1CC[C@H]2[C@@H]3CCC4CC(=O)CC[C@]4(C)[C@@H]3CC[C@]12C. The van der Waals surface area contributed by atoms with E-state index in [2.05, 4.69) is 20.8 Å². The van der Waals surface area contributed by atoms with Crippen molar-refractivity contribution in [1.82, 2.24) is 0 Å². The van der Waals surface area contributed by atoms with Crippen LogP contribution in [0.25, 0.3) is 0 Å². The van der Waals surface area contributed by atoms with E-state index in [9.17, 15) is 14.7 Å². The fourth-order valence-electron chi connectivity index (χ4n) is 8.47. The molecule has 4 saturated carbocycles. The highest BCUT2D eigenvalue weighted by atomic mass is 16.6. The van der Waals surface area contributed by atoms with Crippen molar-refractivity contribution in [2.24, 2.45) is 46.3 Å². The summed E-state index contributed by atoms with van der Waals surface area (Å²) in [6, 6.07) is 0. The van der Waals surface area contributed by atoms with Gasteiger partial charge < -0.3 is 9.84 Å². The lowest BCUT2D eigenvalue weighted by molar-refractivity contribution is -0.185. The molecule has 0 heterocycles. The number of fused-ring (bicyclic) bond motifs is 5. The Bertz CT molecular complexity index is 659. The van der Waals surface area contributed by atoms with Crippen molar-refractivity contribution in [3.8, 4) is 0 Å². The van der Waals surface area contributed by atoms with Crippen LogP contribution in [0.5, 0.6) is 0 Å². The first kappa shape index (κ1) is 21.3. The van der Waals surface area contributed by atoms with Crippen molar-refractivity contribution in [3.05, 3.63) is 0 Å². The van der Waals surface area contributed by atoms with Gasteiger partial charge in [0.25, 0.3) is 0 Å². The molecule has 0 aromatic carbocycles. The number of esters is 1. The summed E-state index contributed by atoms with van der Waals surface area (Å²) in [5, 5.41) is 10.6. The molecular formula is C25H40O4. The van der Waals surface area contributed by atoms with Crippen molar-refractivity contribution in [1.29, 1.82) is 0 Å². The number of carbonyl (C=O) groups is 2. The fraction of sp³-hybridized carbons (Fsp3) is 0.920. The summed E-state index contributed by atoms with van der Waals surface area (Å²) in [6.07, 6.45) is 9.32. The highest BCUT2D eigenvalue weighted by Crippen LogP contribution is 2.68. The number of Topliss-reactive ketones (excluding diaryl/α,β-unsaturated/α-hetero) is 1. The maximum Gasteiger partial charge on any atom is 0.307 e. The molecule has 1 N–H and O–H groups in total. The van der Waals surface area contributed by atoms with Crippen molar-refractivity contribution in [2.75, 3.05) is 0 Å². The molecule has 4 heteroatoms. The van der Waals surface area contributed by atoms with Gasteiger partial charge in [0.2, 0.25) is 6.29 Å². The molecule has 4 rings (SSSR count). The van der Waals surface area contributed by atoms with Gasteiger partial charge in [-0.2, -0.15) is 0 Å². The number of hydrogen-bond acceptors (Lipinski definition) is 4. The summed E-state index contributed by atoms with van der Waals surface area (Å²) in [5.41, 5.74) is 0.575. The van der Waals surface area contributed by atoms with Gasteiger partial charge >= 0.3 is 5.97 Å². The van der Waals surface area contributed by atoms with Gasteiger partial charge in [0.1, 0.15) is 5.78 Å². The molecule has 4 fully saturated rings. The van der Waals surface area contributed by atoms with Gasteiger partial charge in [0, 0.05) is 25.2 Å². The van der Waals surface area contributed by atoms with Crippen LogP contribution in [-0.2, 0) is 14.3 Å². The molecule has 4 unspecified atom stereocenters. The van der Waals surface area contributed by atoms with Gasteiger partial charge in [0.05, 0.1) is 0 Å². The zero-order valence-corrected chi connectivity index (χ0v) is 18.8. The van der Waals surface area contributed by atoms with Gasteiger partial charge in [-0.15, -0.1) is 0 Å². The second-order valence-corrected chi connectivity index (χ2v) is 11.2. The zero-order chi connectivity index (χ0) is 21.0. The first-order chi connectivity index (χ1) is 13.7. The molecule has 0 spiro atoms. The number of ether oxygens (including phenoxy) is 1. The lowest BCUT2D eigenvalue weighted by Crippen LogP contribution is -2.54. The minimum atomic E-state index is -0.988. The minimum Gasteiger partial charge on any atom is -0.436 e. The van der Waals surface area contributed by atoms with Crippen LogP contribution in [0, 0.1) is 46.3 Å². The molecule has 0 aromatic heterocycles. The lowest BCUT2D eigenvalue weighted by atomic mass is 9.44. The Kier molecular flexibility index (Phi) is 5.63. The van der Waals surface area contributed by atoms with Crippen LogP contribution in [0.4, 0.5) is 0 Å². The molecule has 9 atom stereocenters. The van der Waals surface area contributed by atoms with E-state index in [1.807, 2.05) is 0 Å². The zero-order valence-electron chi connectivity index (χ0n) is 18.8. The summed E-state index contributed by atoms with van der Waals surface area (Å²) >= 11 is 0. The second kappa shape index (κ2) is 7.66. The van der Waals surface area contributed by atoms with Crippen LogP contribution in [0.15, 0.2) is 0 Å². The molecule has 0 saturated heterocycles. The molecule has 4 nitrogen and oxygen atoms in total. The Labute approximate surface area is 176 Å². The Morgan fingerprint density at radius 3 is 2.55 bits per heavy atom. The van der Waals surface area contributed by atoms with Crippen LogP contribution in [0.1, 0.15) is 91.9 Å². The molecule has 4 aliphatic carbocycles. The minimum absolute atomic E-state index is 0.0173. The Morgan fingerprint density at radius 2 is 1.83 bits per heavy atom. The predicted octanol–water partition coefficient (Wildman–Crippen LogP) is 5.12. The normalized spacial score (nSPS) is 46.2. The quantitative estimate of drug-likeness (QED) is 0.522. The third-order valence-electron chi connectivity index (χ3n) is 10.2. The van der Waals surface area contributed by atoms with Crippen LogP contribution in [-0.4, -0.2) is 23.1 Å². The lowest BCUT2D eigenvalue weighted by Gasteiger charge is -2.60. The van der Waals surface area contributed by atoms with E-state index >= 15 is 0 Å². The van der Waals surface area contributed by atoms with Crippen LogP contribution < -0.4 is 0 Å². The van der Waals surface area contributed by atoms with Crippen LogP contribution in [0.3, 0.4) is 0 Å². The predicted molar refractivity (Wildman–Crippen MR) is 112 cm³/mol. The topological polar surface area (TPSA) is 63.6 Å². The van der Waals surface area contributed by atoms with Crippen LogP contribution in [0.2, 0.25) is 0 Å². The average Bonchev–Trinajstić information content (AvgIpc) is 3.04. The molecule has 4 aliphatic rings. The standard InChI is InChI=1S/C25H40O4/c1-5-22(27)29-23(28)15(2)19-8-9-20-18-7-6-16-14-17(26)10-12-24(16,3)21(18)11-13-25(19,20)4/h15-16,18-21,23,28H,5-14H2,1-4H3/t15?,16?,18-,19?,20-,21+,23?,24-,25+/m0/s1. The number of carbonyl (C=O) groups excluding carboxylic acids is 2. The van der Waals surface area contributed by atoms with E-state index in [1.165, 1.54) is 32.1 Å². The van der Waals surface area contributed by atoms with E-state index in [-0.39, 0.29) is 17.3 Å². The van der Waals surface area contributed by atoms with Gasteiger partial charge in [-0.25, -0.2) is 0 Å². The number of ketones is 1. The number of aliphatic hydroxyl groups is 1. The second-order valence-electron chi connectivity index (χ2n) is 11.2. The maximum absolute atomic E-state index is 12.1. The number of rotatable bonds is 4. The smallest absolute Gasteiger partial charge is 0.307 e. The average molecular weight is 405 g/mol. The molecule has 0 amide bonds. The monoisotopic (exact) mass is 404 g/mol. The molecule has 164 valence electrons. The molecule has 0 aliphatic heterocycles. The Balaban J connectivity index is 1.51. The van der Waals surface area contributed by atoms with Gasteiger partial charge in [-0.3, -0.25) is 9.59 Å². The molecule has 0 radical (unpaired) electrons. The Hall–Kier alpha value is -0.900. The van der Waals surface area contributed by atoms with Crippen molar-refractivity contribution >= 4 is 11.8 Å². The molecule has 0 bridgehead atoms. The van der Waals surface area contributed by atoms with E-state index < -0.39 is 6.29 Å². The van der Waals surface area contributed by atoms with E-state index in [1.54, 1.807) is 6.92 Å². The van der Waals surface area contributed by atoms with Crippen molar-refractivity contribution in [2.45, 2.75) is 98.2 Å². The third kappa shape index (κ3) is 3.38. The van der Waals surface area contributed by atoms with E-state index in [0.717, 1.165) is 37.5 Å². The highest BCUT2D eigenvalue weighted by molar-refractivity contribution is 5.79. The van der Waals surface area contributed by atoms with E-state index in [4.69, 9.17) is 4.74 Å². The highest BCUT2D eigenvalue weighted by Gasteiger charge is 2.61. The summed E-state index contributed by atoms with van der Waals surface area (Å²) in [5.74, 6) is 3.38. The summed E-state index contributed by atoms with van der Waals surface area (Å²) in [6.45, 7) is 8.79. The Morgan fingerprint density at radius 1 is 1.10 bits per heavy atom. The van der Waals surface area contributed by atoms with Gasteiger partial charge in [-0.05, 0) is 85.4 Å². The molecular weight excluding hydrogens is 364 g/mol.